The van der Waals surface area contributed by atoms with Crippen molar-refractivity contribution in [3.8, 4) is 0 Å². The Balaban J connectivity index is 2.04. The number of nitrogens with one attached hydrogen (secondary N) is 1. The second-order valence-electron chi connectivity index (χ2n) is 6.36. The van der Waals surface area contributed by atoms with Crippen LogP contribution in [0.2, 0.25) is 0 Å². The van der Waals surface area contributed by atoms with Crippen molar-refractivity contribution in [2.75, 3.05) is 6.54 Å². The highest BCUT2D eigenvalue weighted by molar-refractivity contribution is 7.18. The average Bonchev–Trinajstić information content (AvgIpc) is 2.85. The van der Waals surface area contributed by atoms with Gasteiger partial charge in [-0.1, -0.05) is 33.1 Å². The molecular formula is C18H27N3O2S. The summed E-state index contributed by atoms with van der Waals surface area (Å²) in [7, 11) is 0. The number of rotatable bonds is 8. The quantitative estimate of drug-likeness (QED) is 0.794. The highest BCUT2D eigenvalue weighted by atomic mass is 32.1. The van der Waals surface area contributed by atoms with Crippen LogP contribution >= 0.6 is 11.3 Å². The highest BCUT2D eigenvalue weighted by Gasteiger charge is 2.14. The van der Waals surface area contributed by atoms with Gasteiger partial charge in [-0.25, -0.2) is 4.98 Å². The molecule has 0 radical (unpaired) electrons. The molecule has 0 spiro atoms. The largest absolute Gasteiger partial charge is 0.354 e. The molecule has 0 fully saturated rings. The van der Waals surface area contributed by atoms with Crippen LogP contribution < -0.4 is 10.9 Å². The molecule has 0 unspecified atom stereocenters. The summed E-state index contributed by atoms with van der Waals surface area (Å²) in [5.41, 5.74) is 0.836. The first-order valence-corrected chi connectivity index (χ1v) is 9.51. The molecule has 132 valence electrons. The standard InChI is InChI=1S/C18H27N3O2S/c1-5-7-8-14(6-2)9-19-15(22)10-21-11-20-17-16(18(21)23)12(3)13(4)24-17/h11,14H,5-10H2,1-4H3,(H,19,22)/t14-/m0/s1. The third-order valence-corrected chi connectivity index (χ3v) is 5.72. The summed E-state index contributed by atoms with van der Waals surface area (Å²) < 4.78 is 1.41. The first-order chi connectivity index (χ1) is 11.5. The van der Waals surface area contributed by atoms with E-state index >= 15 is 0 Å². The lowest BCUT2D eigenvalue weighted by molar-refractivity contribution is -0.121. The molecule has 0 saturated heterocycles. The molecular weight excluding hydrogens is 322 g/mol. The Bertz CT molecular complexity index is 763. The maximum atomic E-state index is 12.6. The number of fused-ring (bicyclic) bond motifs is 1. The number of thiophene rings is 1. The van der Waals surface area contributed by atoms with Crippen molar-refractivity contribution in [2.45, 2.75) is 59.9 Å². The lowest BCUT2D eigenvalue weighted by Crippen LogP contribution is -2.35. The van der Waals surface area contributed by atoms with Crippen molar-refractivity contribution in [3.05, 3.63) is 27.1 Å². The molecule has 0 bridgehead atoms. The lowest BCUT2D eigenvalue weighted by Gasteiger charge is -2.15. The van der Waals surface area contributed by atoms with Gasteiger partial charge in [0.05, 0.1) is 11.7 Å². The van der Waals surface area contributed by atoms with E-state index in [0.717, 1.165) is 28.1 Å². The van der Waals surface area contributed by atoms with Crippen molar-refractivity contribution < 1.29 is 4.79 Å². The SMILES string of the molecule is CCCC[C@H](CC)CNC(=O)Cn1cnc2sc(C)c(C)c2c1=O. The van der Waals surface area contributed by atoms with Gasteiger partial charge in [0.25, 0.3) is 5.56 Å². The summed E-state index contributed by atoms with van der Waals surface area (Å²) in [5, 5.41) is 3.60. The van der Waals surface area contributed by atoms with Gasteiger partial charge in [-0.15, -0.1) is 11.3 Å². The van der Waals surface area contributed by atoms with Gasteiger partial charge in [-0.05, 0) is 31.7 Å². The van der Waals surface area contributed by atoms with E-state index in [1.54, 1.807) is 0 Å². The minimum absolute atomic E-state index is 0.0281. The summed E-state index contributed by atoms with van der Waals surface area (Å²) >= 11 is 1.52. The molecule has 1 N–H and O–H groups in total. The number of amides is 1. The van der Waals surface area contributed by atoms with Crippen molar-refractivity contribution in [1.82, 2.24) is 14.9 Å². The van der Waals surface area contributed by atoms with E-state index in [0.29, 0.717) is 17.8 Å². The van der Waals surface area contributed by atoms with E-state index in [2.05, 4.69) is 24.1 Å². The van der Waals surface area contributed by atoms with Gasteiger partial charge in [-0.2, -0.15) is 0 Å². The zero-order valence-electron chi connectivity index (χ0n) is 15.0. The molecule has 0 aliphatic heterocycles. The topological polar surface area (TPSA) is 64.0 Å². The fourth-order valence-electron chi connectivity index (χ4n) is 2.79. The van der Waals surface area contributed by atoms with Crippen molar-refractivity contribution in [2.24, 2.45) is 5.92 Å². The summed E-state index contributed by atoms with van der Waals surface area (Å²) in [5.74, 6) is 0.380. The third-order valence-electron chi connectivity index (χ3n) is 4.60. The molecule has 2 rings (SSSR count). The van der Waals surface area contributed by atoms with E-state index in [4.69, 9.17) is 0 Å². The van der Waals surface area contributed by atoms with Crippen LogP contribution in [0.4, 0.5) is 0 Å². The number of hydrogen-bond acceptors (Lipinski definition) is 4. The molecule has 0 aromatic carbocycles. The Morgan fingerprint density at radius 1 is 1.38 bits per heavy atom. The zero-order chi connectivity index (χ0) is 17.7. The second-order valence-corrected chi connectivity index (χ2v) is 7.56. The Kier molecular flexibility index (Phi) is 6.54. The average molecular weight is 350 g/mol. The van der Waals surface area contributed by atoms with E-state index in [9.17, 15) is 9.59 Å². The van der Waals surface area contributed by atoms with Gasteiger partial charge >= 0.3 is 0 Å². The van der Waals surface area contributed by atoms with Gasteiger partial charge in [-0.3, -0.25) is 14.2 Å². The molecule has 0 saturated carbocycles. The van der Waals surface area contributed by atoms with Crippen LogP contribution in [-0.2, 0) is 11.3 Å². The monoisotopic (exact) mass is 349 g/mol. The van der Waals surface area contributed by atoms with Crippen LogP contribution in [-0.4, -0.2) is 22.0 Å². The van der Waals surface area contributed by atoms with Crippen LogP contribution in [0, 0.1) is 19.8 Å². The van der Waals surface area contributed by atoms with Gasteiger partial charge in [0.15, 0.2) is 0 Å². The lowest BCUT2D eigenvalue weighted by atomic mass is 9.99. The molecule has 6 heteroatoms. The van der Waals surface area contributed by atoms with Crippen molar-refractivity contribution >= 4 is 27.5 Å². The van der Waals surface area contributed by atoms with Crippen LogP contribution in [0.25, 0.3) is 10.2 Å². The predicted molar refractivity (Wildman–Crippen MR) is 99.7 cm³/mol. The first kappa shape index (κ1) is 18.6. The molecule has 0 aliphatic carbocycles. The highest BCUT2D eigenvalue weighted by Crippen LogP contribution is 2.25. The number of nitrogens with zero attached hydrogens (tertiary/aromatic N) is 2. The maximum absolute atomic E-state index is 12.6. The fraction of sp³-hybridized carbons (Fsp3) is 0.611. The molecule has 0 aliphatic rings. The van der Waals surface area contributed by atoms with Crippen LogP contribution in [0.1, 0.15) is 50.0 Å². The first-order valence-electron chi connectivity index (χ1n) is 8.69. The van der Waals surface area contributed by atoms with Crippen LogP contribution in [0.3, 0.4) is 0 Å². The molecule has 5 nitrogen and oxygen atoms in total. The normalized spacial score (nSPS) is 12.5. The Morgan fingerprint density at radius 2 is 2.12 bits per heavy atom. The number of carbonyl (C=O) groups excluding carboxylic acids is 1. The zero-order valence-corrected chi connectivity index (χ0v) is 15.8. The summed E-state index contributed by atoms with van der Waals surface area (Å²) in [6.45, 7) is 8.95. The van der Waals surface area contributed by atoms with Gasteiger partial charge in [0, 0.05) is 11.4 Å². The van der Waals surface area contributed by atoms with Crippen molar-refractivity contribution in [3.63, 3.8) is 0 Å². The molecule has 2 aromatic rings. The summed E-state index contributed by atoms with van der Waals surface area (Å²) in [6, 6.07) is 0. The number of aromatic nitrogens is 2. The fourth-order valence-corrected chi connectivity index (χ4v) is 3.78. The molecule has 1 amide bonds. The van der Waals surface area contributed by atoms with Crippen LogP contribution in [0.15, 0.2) is 11.1 Å². The van der Waals surface area contributed by atoms with Crippen molar-refractivity contribution in [1.29, 1.82) is 0 Å². The van der Waals surface area contributed by atoms with E-state index in [1.807, 2.05) is 13.8 Å². The van der Waals surface area contributed by atoms with E-state index in [1.165, 1.54) is 35.1 Å². The number of unbranched alkanes of at least 4 members (excludes halogenated alkanes) is 1. The maximum Gasteiger partial charge on any atom is 0.262 e. The Morgan fingerprint density at radius 3 is 2.79 bits per heavy atom. The number of hydrogen-bond donors (Lipinski definition) is 1. The molecule has 2 heterocycles. The minimum atomic E-state index is -0.130. The number of aryl methyl sites for hydroxylation is 2. The smallest absolute Gasteiger partial charge is 0.262 e. The summed E-state index contributed by atoms with van der Waals surface area (Å²) in [4.78, 5) is 30.9. The van der Waals surface area contributed by atoms with Gasteiger partial charge in [0.2, 0.25) is 5.91 Å². The third kappa shape index (κ3) is 4.23. The second kappa shape index (κ2) is 8.42. The van der Waals surface area contributed by atoms with Gasteiger partial charge in [0.1, 0.15) is 11.4 Å². The van der Waals surface area contributed by atoms with Gasteiger partial charge < -0.3 is 5.32 Å². The predicted octanol–water partition coefficient (Wildman–Crippen LogP) is 3.41. The number of carbonyl (C=O) groups is 1. The van der Waals surface area contributed by atoms with E-state index in [-0.39, 0.29) is 18.0 Å². The Hall–Kier alpha value is -1.69. The van der Waals surface area contributed by atoms with E-state index < -0.39 is 0 Å². The molecule has 24 heavy (non-hydrogen) atoms. The molecule has 1 atom stereocenters. The minimum Gasteiger partial charge on any atom is -0.354 e. The molecule has 2 aromatic heterocycles. The van der Waals surface area contributed by atoms with Crippen LogP contribution in [0.5, 0.6) is 0 Å². The summed E-state index contributed by atoms with van der Waals surface area (Å²) in [6.07, 6.45) is 6.03. The Labute approximate surface area is 147 Å².